The summed E-state index contributed by atoms with van der Waals surface area (Å²) in [5, 5.41) is 0.734. The SMILES string of the molecule is CCN(Cc1ccccn1)c1ccc([C@@H](C)N)cc1Cl. The zero-order valence-electron chi connectivity index (χ0n) is 11.9. The molecule has 0 amide bonds. The van der Waals surface area contributed by atoms with Gasteiger partial charge in [0.2, 0.25) is 0 Å². The van der Waals surface area contributed by atoms with Crippen molar-refractivity contribution in [1.82, 2.24) is 4.98 Å². The van der Waals surface area contributed by atoms with Crippen LogP contribution in [-0.4, -0.2) is 11.5 Å². The lowest BCUT2D eigenvalue weighted by molar-refractivity contribution is 0.801. The molecule has 2 aromatic rings. The molecule has 0 saturated heterocycles. The fraction of sp³-hybridized carbons (Fsp3) is 0.312. The highest BCUT2D eigenvalue weighted by Crippen LogP contribution is 2.29. The van der Waals surface area contributed by atoms with Crippen LogP contribution in [0.4, 0.5) is 5.69 Å². The first kappa shape index (κ1) is 14.8. The summed E-state index contributed by atoms with van der Waals surface area (Å²) in [7, 11) is 0. The highest BCUT2D eigenvalue weighted by Gasteiger charge is 2.11. The van der Waals surface area contributed by atoms with Crippen LogP contribution in [0.5, 0.6) is 0 Å². The van der Waals surface area contributed by atoms with Gasteiger partial charge in [-0.1, -0.05) is 23.7 Å². The van der Waals surface area contributed by atoms with E-state index in [1.165, 1.54) is 0 Å². The highest BCUT2D eigenvalue weighted by atomic mass is 35.5. The highest BCUT2D eigenvalue weighted by molar-refractivity contribution is 6.33. The average Bonchev–Trinajstić information content (AvgIpc) is 2.46. The van der Waals surface area contributed by atoms with Crippen molar-refractivity contribution >= 4 is 17.3 Å². The fourth-order valence-corrected chi connectivity index (χ4v) is 2.43. The zero-order chi connectivity index (χ0) is 14.5. The largest absolute Gasteiger partial charge is 0.365 e. The lowest BCUT2D eigenvalue weighted by Crippen LogP contribution is -2.23. The summed E-state index contributed by atoms with van der Waals surface area (Å²) in [6.07, 6.45) is 1.81. The van der Waals surface area contributed by atoms with Gasteiger partial charge in [-0.3, -0.25) is 4.98 Å². The van der Waals surface area contributed by atoms with E-state index in [2.05, 4.69) is 16.8 Å². The summed E-state index contributed by atoms with van der Waals surface area (Å²) >= 11 is 6.40. The number of halogens is 1. The molecule has 2 rings (SSSR count). The summed E-state index contributed by atoms with van der Waals surface area (Å²) < 4.78 is 0. The maximum Gasteiger partial charge on any atom is 0.0643 e. The van der Waals surface area contributed by atoms with Crippen molar-refractivity contribution in [3.05, 3.63) is 58.9 Å². The third kappa shape index (κ3) is 3.50. The molecule has 1 heterocycles. The number of aromatic nitrogens is 1. The second-order valence-corrected chi connectivity index (χ2v) is 5.24. The topological polar surface area (TPSA) is 42.2 Å². The summed E-state index contributed by atoms with van der Waals surface area (Å²) in [5.74, 6) is 0. The van der Waals surface area contributed by atoms with E-state index in [-0.39, 0.29) is 6.04 Å². The minimum Gasteiger partial charge on any atom is -0.365 e. The van der Waals surface area contributed by atoms with E-state index in [0.717, 1.165) is 35.1 Å². The van der Waals surface area contributed by atoms with E-state index in [4.69, 9.17) is 17.3 Å². The van der Waals surface area contributed by atoms with E-state index >= 15 is 0 Å². The molecule has 0 fully saturated rings. The molecule has 0 bridgehead atoms. The Morgan fingerprint density at radius 3 is 2.65 bits per heavy atom. The third-order valence-corrected chi connectivity index (χ3v) is 3.60. The van der Waals surface area contributed by atoms with E-state index in [9.17, 15) is 0 Å². The number of hydrogen-bond acceptors (Lipinski definition) is 3. The molecule has 0 spiro atoms. The van der Waals surface area contributed by atoms with Gasteiger partial charge in [0.25, 0.3) is 0 Å². The maximum absolute atomic E-state index is 6.40. The Balaban J connectivity index is 2.23. The predicted octanol–water partition coefficient (Wildman–Crippen LogP) is 3.78. The first-order valence-electron chi connectivity index (χ1n) is 6.81. The van der Waals surface area contributed by atoms with Gasteiger partial charge < -0.3 is 10.6 Å². The van der Waals surface area contributed by atoms with Gasteiger partial charge in [0, 0.05) is 18.8 Å². The molecule has 0 aliphatic carbocycles. The molecule has 1 aromatic carbocycles. The second kappa shape index (κ2) is 6.73. The van der Waals surface area contributed by atoms with Crippen LogP contribution in [0.1, 0.15) is 31.1 Å². The molecule has 0 radical (unpaired) electrons. The van der Waals surface area contributed by atoms with Crippen LogP contribution in [0, 0.1) is 0 Å². The maximum atomic E-state index is 6.40. The smallest absolute Gasteiger partial charge is 0.0643 e. The molecule has 0 unspecified atom stereocenters. The molecule has 0 saturated carbocycles. The Kier molecular flexibility index (Phi) is 4.99. The lowest BCUT2D eigenvalue weighted by Gasteiger charge is -2.24. The number of nitrogens with two attached hydrogens (primary N) is 1. The van der Waals surface area contributed by atoms with Crippen molar-refractivity contribution in [3.8, 4) is 0 Å². The van der Waals surface area contributed by atoms with Crippen LogP contribution in [0.2, 0.25) is 5.02 Å². The van der Waals surface area contributed by atoms with Gasteiger partial charge in [-0.05, 0) is 43.7 Å². The van der Waals surface area contributed by atoms with Crippen molar-refractivity contribution in [2.24, 2.45) is 5.73 Å². The molecule has 106 valence electrons. The Hall–Kier alpha value is -1.58. The first-order chi connectivity index (χ1) is 9.61. The van der Waals surface area contributed by atoms with Crippen LogP contribution in [0.25, 0.3) is 0 Å². The quantitative estimate of drug-likeness (QED) is 0.911. The minimum atomic E-state index is -0.00702. The third-order valence-electron chi connectivity index (χ3n) is 3.30. The van der Waals surface area contributed by atoms with E-state index in [1.807, 2.05) is 49.5 Å². The Morgan fingerprint density at radius 1 is 1.30 bits per heavy atom. The van der Waals surface area contributed by atoms with E-state index in [1.54, 1.807) is 0 Å². The van der Waals surface area contributed by atoms with Gasteiger partial charge in [-0.15, -0.1) is 0 Å². The molecular weight excluding hydrogens is 270 g/mol. The van der Waals surface area contributed by atoms with Crippen LogP contribution < -0.4 is 10.6 Å². The Bertz CT molecular complexity index is 555. The summed E-state index contributed by atoms with van der Waals surface area (Å²) in [4.78, 5) is 6.57. The molecule has 0 aliphatic heterocycles. The number of nitrogens with zero attached hydrogens (tertiary/aromatic N) is 2. The number of hydrogen-bond donors (Lipinski definition) is 1. The summed E-state index contributed by atoms with van der Waals surface area (Å²) in [6, 6.07) is 11.9. The molecular formula is C16H20ClN3. The molecule has 2 N–H and O–H groups in total. The normalized spacial score (nSPS) is 12.2. The van der Waals surface area contributed by atoms with E-state index in [0.29, 0.717) is 0 Å². The van der Waals surface area contributed by atoms with Gasteiger partial charge in [-0.2, -0.15) is 0 Å². The number of anilines is 1. The summed E-state index contributed by atoms with van der Waals surface area (Å²) in [6.45, 7) is 5.68. The zero-order valence-corrected chi connectivity index (χ0v) is 12.6. The second-order valence-electron chi connectivity index (χ2n) is 4.83. The molecule has 20 heavy (non-hydrogen) atoms. The monoisotopic (exact) mass is 289 g/mol. The van der Waals surface area contributed by atoms with Gasteiger partial charge in [0.15, 0.2) is 0 Å². The Labute approximate surface area is 125 Å². The number of pyridine rings is 1. The van der Waals surface area contributed by atoms with Gasteiger partial charge in [0.05, 0.1) is 22.9 Å². The van der Waals surface area contributed by atoms with Crippen molar-refractivity contribution in [2.45, 2.75) is 26.4 Å². The molecule has 1 atom stereocenters. The summed E-state index contributed by atoms with van der Waals surface area (Å²) in [5.41, 5.74) is 8.98. The first-order valence-corrected chi connectivity index (χ1v) is 7.19. The lowest BCUT2D eigenvalue weighted by atomic mass is 10.1. The molecule has 0 aliphatic rings. The fourth-order valence-electron chi connectivity index (χ4n) is 2.12. The van der Waals surface area contributed by atoms with Gasteiger partial charge in [0.1, 0.15) is 0 Å². The van der Waals surface area contributed by atoms with Crippen LogP contribution >= 0.6 is 11.6 Å². The van der Waals surface area contributed by atoms with Crippen molar-refractivity contribution in [3.63, 3.8) is 0 Å². The average molecular weight is 290 g/mol. The predicted molar refractivity (Wildman–Crippen MR) is 85.0 cm³/mol. The molecule has 3 nitrogen and oxygen atoms in total. The van der Waals surface area contributed by atoms with Crippen LogP contribution in [0.3, 0.4) is 0 Å². The van der Waals surface area contributed by atoms with Gasteiger partial charge >= 0.3 is 0 Å². The minimum absolute atomic E-state index is 0.00702. The van der Waals surface area contributed by atoms with Crippen LogP contribution in [0.15, 0.2) is 42.6 Å². The van der Waals surface area contributed by atoms with Crippen molar-refractivity contribution in [2.75, 3.05) is 11.4 Å². The van der Waals surface area contributed by atoms with Gasteiger partial charge in [-0.25, -0.2) is 0 Å². The number of rotatable bonds is 5. The molecule has 1 aromatic heterocycles. The van der Waals surface area contributed by atoms with E-state index < -0.39 is 0 Å². The number of benzene rings is 1. The Morgan fingerprint density at radius 2 is 2.10 bits per heavy atom. The standard InChI is InChI=1S/C16H20ClN3/c1-3-20(11-14-6-4-5-9-19-14)16-8-7-13(12(2)18)10-15(16)17/h4-10,12H,3,11,18H2,1-2H3/t12-/m1/s1. The molecule has 4 heteroatoms. The van der Waals surface area contributed by atoms with Crippen LogP contribution in [-0.2, 0) is 6.54 Å². The van der Waals surface area contributed by atoms with Crippen molar-refractivity contribution in [1.29, 1.82) is 0 Å². The van der Waals surface area contributed by atoms with Crippen molar-refractivity contribution < 1.29 is 0 Å².